The monoisotopic (exact) mass is 551 g/mol. The summed E-state index contributed by atoms with van der Waals surface area (Å²) in [6, 6.07) is 21.7. The number of carbonyl (C=O) groups is 2. The van der Waals surface area contributed by atoms with Crippen LogP contribution in [-0.2, 0) is 32.6 Å². The van der Waals surface area contributed by atoms with Crippen molar-refractivity contribution in [3.05, 3.63) is 90.0 Å². The van der Waals surface area contributed by atoms with Crippen molar-refractivity contribution in [2.45, 2.75) is 51.1 Å². The minimum Gasteiger partial charge on any atom is -0.497 e. The van der Waals surface area contributed by atoms with Crippen LogP contribution in [0.5, 0.6) is 5.75 Å². The van der Waals surface area contributed by atoms with Gasteiger partial charge in [-0.05, 0) is 61.2 Å². The number of carbonyl (C=O) groups excluding carboxylic acids is 2. The summed E-state index contributed by atoms with van der Waals surface area (Å²) >= 11 is 0. The minimum absolute atomic E-state index is 0.0844. The SMILES string of the molecule is CCNC(=O)[C@@H](CC)N(Cc1ccc(OC)cc1)C(=O)CN(c1ccccc1CC)S(=O)(=O)c1ccccc1. The number of likely N-dealkylation sites (N-methyl/N-ethyl adjacent to an activating group) is 1. The van der Waals surface area contributed by atoms with Crippen molar-refractivity contribution in [2.24, 2.45) is 0 Å². The lowest BCUT2D eigenvalue weighted by Gasteiger charge is -2.33. The van der Waals surface area contributed by atoms with Crippen molar-refractivity contribution in [2.75, 3.05) is 24.5 Å². The van der Waals surface area contributed by atoms with Gasteiger partial charge in [0, 0.05) is 13.1 Å². The van der Waals surface area contributed by atoms with Gasteiger partial charge in [0.1, 0.15) is 18.3 Å². The smallest absolute Gasteiger partial charge is 0.264 e. The maximum atomic E-state index is 14.1. The summed E-state index contributed by atoms with van der Waals surface area (Å²) in [4.78, 5) is 28.6. The van der Waals surface area contributed by atoms with Gasteiger partial charge in [0.15, 0.2) is 0 Å². The molecule has 1 atom stereocenters. The number of amides is 2. The highest BCUT2D eigenvalue weighted by Crippen LogP contribution is 2.28. The van der Waals surface area contributed by atoms with E-state index in [9.17, 15) is 18.0 Å². The molecule has 0 aliphatic carbocycles. The van der Waals surface area contributed by atoms with Crippen LogP contribution >= 0.6 is 0 Å². The van der Waals surface area contributed by atoms with Crippen molar-refractivity contribution in [1.82, 2.24) is 10.2 Å². The second-order valence-corrected chi connectivity index (χ2v) is 10.9. The fourth-order valence-corrected chi connectivity index (χ4v) is 5.90. The molecule has 3 rings (SSSR count). The maximum Gasteiger partial charge on any atom is 0.264 e. The number of methoxy groups -OCH3 is 1. The Kier molecular flexibility index (Phi) is 10.5. The summed E-state index contributed by atoms with van der Waals surface area (Å²) in [7, 11) is -2.52. The number of benzene rings is 3. The van der Waals surface area contributed by atoms with Gasteiger partial charge in [-0.3, -0.25) is 13.9 Å². The van der Waals surface area contributed by atoms with E-state index in [2.05, 4.69) is 5.32 Å². The maximum absolute atomic E-state index is 14.1. The van der Waals surface area contributed by atoms with Gasteiger partial charge in [0.25, 0.3) is 10.0 Å². The van der Waals surface area contributed by atoms with Crippen LogP contribution in [0.1, 0.15) is 38.3 Å². The molecule has 2 amide bonds. The Hall–Kier alpha value is -3.85. The molecule has 0 saturated carbocycles. The van der Waals surface area contributed by atoms with Crippen molar-refractivity contribution < 1.29 is 22.7 Å². The molecule has 0 fully saturated rings. The number of nitrogens with one attached hydrogen (secondary N) is 1. The molecule has 0 saturated heterocycles. The van der Waals surface area contributed by atoms with Gasteiger partial charge < -0.3 is 15.0 Å². The zero-order chi connectivity index (χ0) is 28.4. The van der Waals surface area contributed by atoms with Crippen molar-refractivity contribution in [3.63, 3.8) is 0 Å². The molecule has 0 aromatic heterocycles. The molecule has 9 heteroatoms. The molecule has 208 valence electrons. The molecule has 8 nitrogen and oxygen atoms in total. The van der Waals surface area contributed by atoms with E-state index in [1.54, 1.807) is 49.6 Å². The molecule has 1 N–H and O–H groups in total. The van der Waals surface area contributed by atoms with Crippen LogP contribution < -0.4 is 14.4 Å². The summed E-state index contributed by atoms with van der Waals surface area (Å²) in [6.07, 6.45) is 0.946. The summed E-state index contributed by atoms with van der Waals surface area (Å²) < 4.78 is 34.3. The average molecular weight is 552 g/mol. The molecule has 0 bridgehead atoms. The lowest BCUT2D eigenvalue weighted by atomic mass is 10.1. The number of rotatable bonds is 13. The van der Waals surface area contributed by atoms with E-state index in [0.29, 0.717) is 30.8 Å². The number of aryl methyl sites for hydroxylation is 1. The van der Waals surface area contributed by atoms with Gasteiger partial charge in [0.05, 0.1) is 17.7 Å². The molecule has 3 aromatic rings. The zero-order valence-electron chi connectivity index (χ0n) is 23.0. The largest absolute Gasteiger partial charge is 0.497 e. The van der Waals surface area contributed by atoms with Crippen molar-refractivity contribution in [1.29, 1.82) is 0 Å². The van der Waals surface area contributed by atoms with Crippen LogP contribution in [0.4, 0.5) is 5.69 Å². The molecular formula is C30H37N3O5S. The van der Waals surface area contributed by atoms with Crippen molar-refractivity contribution >= 4 is 27.5 Å². The van der Waals surface area contributed by atoms with Gasteiger partial charge >= 0.3 is 0 Å². The Balaban J connectivity index is 2.07. The minimum atomic E-state index is -4.09. The number of anilines is 1. The molecule has 0 heterocycles. The topological polar surface area (TPSA) is 96.0 Å². The van der Waals surface area contributed by atoms with E-state index < -0.39 is 28.5 Å². The second kappa shape index (κ2) is 13.8. The summed E-state index contributed by atoms with van der Waals surface area (Å²) in [5, 5.41) is 2.81. The highest BCUT2D eigenvalue weighted by molar-refractivity contribution is 7.92. The Morgan fingerprint density at radius 3 is 2.13 bits per heavy atom. The van der Waals surface area contributed by atoms with Crippen LogP contribution in [0, 0.1) is 0 Å². The van der Waals surface area contributed by atoms with E-state index in [0.717, 1.165) is 15.4 Å². The Morgan fingerprint density at radius 1 is 0.897 bits per heavy atom. The number of hydrogen-bond acceptors (Lipinski definition) is 5. The van der Waals surface area contributed by atoms with E-state index in [-0.39, 0.29) is 17.3 Å². The Morgan fingerprint density at radius 2 is 1.54 bits per heavy atom. The van der Waals surface area contributed by atoms with Gasteiger partial charge in [-0.2, -0.15) is 0 Å². The molecule has 0 aliphatic heterocycles. The van der Waals surface area contributed by atoms with Crippen molar-refractivity contribution in [3.8, 4) is 5.75 Å². The quantitative estimate of drug-likeness (QED) is 0.340. The average Bonchev–Trinajstić information content (AvgIpc) is 2.96. The third-order valence-corrected chi connectivity index (χ3v) is 8.27. The first-order valence-corrected chi connectivity index (χ1v) is 14.6. The molecule has 0 aliphatic rings. The number of nitrogens with zero attached hydrogens (tertiary/aromatic N) is 2. The fourth-order valence-electron chi connectivity index (χ4n) is 4.43. The van der Waals surface area contributed by atoms with Gasteiger partial charge in [-0.25, -0.2) is 8.42 Å². The highest BCUT2D eigenvalue weighted by Gasteiger charge is 2.34. The molecule has 0 unspecified atom stereocenters. The van der Waals surface area contributed by atoms with E-state index in [1.807, 2.05) is 45.0 Å². The lowest BCUT2D eigenvalue weighted by molar-refractivity contribution is -0.140. The standard InChI is InChI=1S/C30H37N3O5S/c1-5-24-13-11-12-16-28(24)33(39(36,37)26-14-9-8-10-15-26)22-29(34)32(27(6-2)30(35)31-7-3)21-23-17-19-25(38-4)20-18-23/h8-20,27H,5-7,21-22H2,1-4H3,(H,31,35)/t27-/m1/s1. The summed E-state index contributed by atoms with van der Waals surface area (Å²) in [5.74, 6) is -0.0914. The Bertz CT molecular complexity index is 1340. The first kappa shape index (κ1) is 29.7. The summed E-state index contributed by atoms with van der Waals surface area (Å²) in [6.45, 7) is 5.67. The highest BCUT2D eigenvalue weighted by atomic mass is 32.2. The second-order valence-electron chi connectivity index (χ2n) is 9.00. The van der Waals surface area contributed by atoms with Crippen LogP contribution in [0.3, 0.4) is 0 Å². The molecule has 0 spiro atoms. The molecular weight excluding hydrogens is 514 g/mol. The molecule has 39 heavy (non-hydrogen) atoms. The van der Waals surface area contributed by atoms with Gasteiger partial charge in [0.2, 0.25) is 11.8 Å². The van der Waals surface area contributed by atoms with Crippen LogP contribution in [0.2, 0.25) is 0 Å². The lowest BCUT2D eigenvalue weighted by Crippen LogP contribution is -2.52. The molecule has 0 radical (unpaired) electrons. The predicted molar refractivity (Wildman–Crippen MR) is 153 cm³/mol. The third kappa shape index (κ3) is 7.17. The summed E-state index contributed by atoms with van der Waals surface area (Å²) in [5.41, 5.74) is 2.02. The number of hydrogen-bond donors (Lipinski definition) is 1. The molecule has 3 aromatic carbocycles. The fraction of sp³-hybridized carbons (Fsp3) is 0.333. The Labute approximate surface area is 231 Å². The van der Waals surface area contributed by atoms with E-state index in [1.165, 1.54) is 17.0 Å². The van der Waals surface area contributed by atoms with Crippen LogP contribution in [0.25, 0.3) is 0 Å². The van der Waals surface area contributed by atoms with Crippen LogP contribution in [0.15, 0.2) is 83.8 Å². The third-order valence-electron chi connectivity index (χ3n) is 6.50. The first-order chi connectivity index (χ1) is 18.8. The number of ether oxygens (including phenoxy) is 1. The van der Waals surface area contributed by atoms with E-state index in [4.69, 9.17) is 4.74 Å². The normalized spacial score (nSPS) is 11.9. The van der Waals surface area contributed by atoms with Gasteiger partial charge in [-0.15, -0.1) is 0 Å². The number of para-hydroxylation sites is 1. The number of sulfonamides is 1. The van der Waals surface area contributed by atoms with Crippen LogP contribution in [-0.4, -0.2) is 51.4 Å². The zero-order valence-corrected chi connectivity index (χ0v) is 23.8. The first-order valence-electron chi connectivity index (χ1n) is 13.1. The predicted octanol–water partition coefficient (Wildman–Crippen LogP) is 4.40. The van der Waals surface area contributed by atoms with E-state index >= 15 is 0 Å². The van der Waals surface area contributed by atoms with Gasteiger partial charge in [-0.1, -0.05) is 62.4 Å².